The first-order valence-electron chi connectivity index (χ1n) is 9.30. The summed E-state index contributed by atoms with van der Waals surface area (Å²) in [5, 5.41) is 2.86. The molecule has 0 spiro atoms. The van der Waals surface area contributed by atoms with Crippen LogP contribution in [-0.2, 0) is 16.6 Å². The van der Waals surface area contributed by atoms with E-state index in [1.165, 1.54) is 31.4 Å². The van der Waals surface area contributed by atoms with E-state index in [4.69, 9.17) is 4.74 Å². The number of hydrogen-bond donors (Lipinski definition) is 1. The molecule has 158 valence electrons. The number of sulfonamides is 1. The number of ether oxygens (including phenoxy) is 1. The average Bonchev–Trinajstić information content (AvgIpc) is 2.65. The summed E-state index contributed by atoms with van der Waals surface area (Å²) in [5.41, 5.74) is 1.26. The van der Waals surface area contributed by atoms with Crippen molar-refractivity contribution < 1.29 is 22.3 Å². The van der Waals surface area contributed by atoms with E-state index < -0.39 is 15.8 Å². The van der Waals surface area contributed by atoms with Crippen LogP contribution in [0.4, 0.5) is 10.1 Å². The number of nitrogens with zero attached hydrogens (tertiary/aromatic N) is 1. The first-order chi connectivity index (χ1) is 13.6. The molecule has 2 rings (SSSR count). The summed E-state index contributed by atoms with van der Waals surface area (Å²) in [6.07, 6.45) is 1.94. The van der Waals surface area contributed by atoms with E-state index in [0.29, 0.717) is 35.0 Å². The van der Waals surface area contributed by atoms with Crippen LogP contribution < -0.4 is 14.4 Å². The van der Waals surface area contributed by atoms with Crippen molar-refractivity contribution in [3.63, 3.8) is 0 Å². The molecule has 29 heavy (non-hydrogen) atoms. The molecule has 1 amide bonds. The Bertz CT molecular complexity index is 944. The molecule has 0 fully saturated rings. The Morgan fingerprint density at radius 1 is 1.17 bits per heavy atom. The van der Waals surface area contributed by atoms with Crippen LogP contribution in [0.3, 0.4) is 0 Å². The Kier molecular flexibility index (Phi) is 7.61. The molecule has 0 aliphatic heterocycles. The molecule has 0 aliphatic rings. The van der Waals surface area contributed by atoms with Crippen molar-refractivity contribution in [1.82, 2.24) is 5.32 Å². The second-order valence-corrected chi connectivity index (χ2v) is 9.12. The molecule has 0 aromatic heterocycles. The maximum Gasteiger partial charge on any atom is 0.251 e. The van der Waals surface area contributed by atoms with Crippen molar-refractivity contribution in [2.24, 2.45) is 5.92 Å². The SMILES string of the molecule is COc1ccc(C(=O)NCCC(C)C)cc1CN(c1ccc(F)cc1)S(C)(=O)=O. The second kappa shape index (κ2) is 9.73. The van der Waals surface area contributed by atoms with Crippen LogP contribution in [0.25, 0.3) is 0 Å². The number of benzene rings is 2. The third-order valence-corrected chi connectivity index (χ3v) is 5.52. The van der Waals surface area contributed by atoms with Crippen molar-refractivity contribution in [2.45, 2.75) is 26.8 Å². The second-order valence-electron chi connectivity index (χ2n) is 7.21. The van der Waals surface area contributed by atoms with Crippen molar-refractivity contribution in [3.05, 3.63) is 59.4 Å². The summed E-state index contributed by atoms with van der Waals surface area (Å²) < 4.78 is 44.5. The molecule has 0 radical (unpaired) electrons. The Morgan fingerprint density at radius 2 is 1.83 bits per heavy atom. The molecule has 8 heteroatoms. The van der Waals surface area contributed by atoms with Gasteiger partial charge in [0.2, 0.25) is 10.0 Å². The van der Waals surface area contributed by atoms with Gasteiger partial charge in [-0.2, -0.15) is 0 Å². The van der Waals surface area contributed by atoms with Crippen LogP contribution >= 0.6 is 0 Å². The summed E-state index contributed by atoms with van der Waals surface area (Å²) >= 11 is 0. The van der Waals surface area contributed by atoms with Crippen LogP contribution in [0.2, 0.25) is 0 Å². The van der Waals surface area contributed by atoms with E-state index >= 15 is 0 Å². The Morgan fingerprint density at radius 3 is 2.38 bits per heavy atom. The zero-order valence-corrected chi connectivity index (χ0v) is 17.9. The number of carbonyl (C=O) groups is 1. The summed E-state index contributed by atoms with van der Waals surface area (Å²) in [5.74, 6) is 0.238. The molecule has 0 saturated carbocycles. The van der Waals surface area contributed by atoms with Gasteiger partial charge in [0.15, 0.2) is 0 Å². The molecule has 6 nitrogen and oxygen atoms in total. The van der Waals surface area contributed by atoms with Crippen LogP contribution in [0, 0.1) is 11.7 Å². The number of hydrogen-bond acceptors (Lipinski definition) is 4. The standard InChI is InChI=1S/C21H27FN2O4S/c1-15(2)11-12-23-21(25)16-5-10-20(28-3)17(13-16)14-24(29(4,26)27)19-8-6-18(22)7-9-19/h5-10,13,15H,11-12,14H2,1-4H3,(H,23,25). The molecule has 1 N–H and O–H groups in total. The first-order valence-corrected chi connectivity index (χ1v) is 11.1. The molecule has 0 heterocycles. The van der Waals surface area contributed by atoms with Crippen molar-refractivity contribution in [2.75, 3.05) is 24.2 Å². The van der Waals surface area contributed by atoms with Gasteiger partial charge in [-0.05, 0) is 54.8 Å². The maximum atomic E-state index is 13.3. The van der Waals surface area contributed by atoms with Gasteiger partial charge in [-0.15, -0.1) is 0 Å². The zero-order chi connectivity index (χ0) is 21.6. The fraction of sp³-hybridized carbons (Fsp3) is 0.381. The van der Waals surface area contributed by atoms with E-state index in [1.54, 1.807) is 18.2 Å². The van der Waals surface area contributed by atoms with E-state index in [1.807, 2.05) is 0 Å². The highest BCUT2D eigenvalue weighted by Gasteiger charge is 2.21. The van der Waals surface area contributed by atoms with Crippen LogP contribution in [0.1, 0.15) is 36.2 Å². The lowest BCUT2D eigenvalue weighted by atomic mass is 10.1. The third kappa shape index (κ3) is 6.45. The van der Waals surface area contributed by atoms with Crippen LogP contribution in [0.15, 0.2) is 42.5 Å². The van der Waals surface area contributed by atoms with Gasteiger partial charge < -0.3 is 10.1 Å². The first kappa shape index (κ1) is 22.7. The number of carbonyl (C=O) groups excluding carboxylic acids is 1. The highest BCUT2D eigenvalue weighted by atomic mass is 32.2. The zero-order valence-electron chi connectivity index (χ0n) is 17.1. The number of halogens is 1. The summed E-state index contributed by atoms with van der Waals surface area (Å²) in [6.45, 7) is 4.66. The van der Waals surface area contributed by atoms with E-state index in [9.17, 15) is 17.6 Å². The van der Waals surface area contributed by atoms with Gasteiger partial charge in [0, 0.05) is 17.7 Å². The third-order valence-electron chi connectivity index (χ3n) is 4.38. The minimum atomic E-state index is -3.66. The molecular weight excluding hydrogens is 395 g/mol. The topological polar surface area (TPSA) is 75.7 Å². The minimum absolute atomic E-state index is 0.0548. The predicted molar refractivity (Wildman–Crippen MR) is 112 cm³/mol. The van der Waals surface area contributed by atoms with Gasteiger partial charge in [-0.3, -0.25) is 9.10 Å². The highest BCUT2D eigenvalue weighted by molar-refractivity contribution is 7.92. The van der Waals surface area contributed by atoms with Gasteiger partial charge in [0.1, 0.15) is 11.6 Å². The van der Waals surface area contributed by atoms with Gasteiger partial charge >= 0.3 is 0 Å². The van der Waals surface area contributed by atoms with Gasteiger partial charge in [0.25, 0.3) is 5.91 Å². The number of anilines is 1. The fourth-order valence-electron chi connectivity index (χ4n) is 2.78. The largest absolute Gasteiger partial charge is 0.496 e. The minimum Gasteiger partial charge on any atom is -0.496 e. The number of nitrogens with one attached hydrogen (secondary N) is 1. The van der Waals surface area contributed by atoms with Gasteiger partial charge in [0.05, 0.1) is 25.6 Å². The highest BCUT2D eigenvalue weighted by Crippen LogP contribution is 2.26. The lowest BCUT2D eigenvalue weighted by molar-refractivity contribution is 0.0952. The van der Waals surface area contributed by atoms with E-state index in [2.05, 4.69) is 19.2 Å². The van der Waals surface area contributed by atoms with Crippen LogP contribution in [0.5, 0.6) is 5.75 Å². The summed E-state index contributed by atoms with van der Waals surface area (Å²) in [4.78, 5) is 12.4. The van der Waals surface area contributed by atoms with E-state index in [-0.39, 0.29) is 12.5 Å². The maximum absolute atomic E-state index is 13.3. The number of rotatable bonds is 9. The summed E-state index contributed by atoms with van der Waals surface area (Å²) in [7, 11) is -2.18. The molecule has 0 unspecified atom stereocenters. The lowest BCUT2D eigenvalue weighted by Gasteiger charge is -2.24. The average molecular weight is 423 g/mol. The monoisotopic (exact) mass is 422 g/mol. The Balaban J connectivity index is 2.32. The fourth-order valence-corrected chi connectivity index (χ4v) is 3.66. The summed E-state index contributed by atoms with van der Waals surface area (Å²) in [6, 6.07) is 10.1. The Hall–Kier alpha value is -2.61. The van der Waals surface area contributed by atoms with Crippen LogP contribution in [-0.4, -0.2) is 34.2 Å². The van der Waals surface area contributed by atoms with E-state index in [0.717, 1.165) is 17.0 Å². The number of amides is 1. The van der Waals surface area contributed by atoms with Gasteiger partial charge in [-0.1, -0.05) is 13.8 Å². The van der Waals surface area contributed by atoms with Gasteiger partial charge in [-0.25, -0.2) is 12.8 Å². The molecule has 0 bridgehead atoms. The molecule has 0 atom stereocenters. The smallest absolute Gasteiger partial charge is 0.251 e. The normalized spacial score (nSPS) is 11.4. The molecule has 2 aromatic rings. The predicted octanol–water partition coefficient (Wildman–Crippen LogP) is 3.58. The molecular formula is C21H27FN2O4S. The number of methoxy groups -OCH3 is 1. The molecule has 2 aromatic carbocycles. The lowest BCUT2D eigenvalue weighted by Crippen LogP contribution is -2.30. The Labute approximate surface area is 171 Å². The van der Waals surface area contributed by atoms with Crippen molar-refractivity contribution in [3.8, 4) is 5.75 Å². The van der Waals surface area contributed by atoms with Crippen molar-refractivity contribution in [1.29, 1.82) is 0 Å². The molecule has 0 aliphatic carbocycles. The van der Waals surface area contributed by atoms with Crippen molar-refractivity contribution >= 4 is 21.6 Å². The quantitative estimate of drug-likeness (QED) is 0.670. The molecule has 0 saturated heterocycles.